The minimum absolute atomic E-state index is 0.100. The molecule has 1 heterocycles. The van der Waals surface area contributed by atoms with Crippen LogP contribution in [0.5, 0.6) is 17.2 Å². The summed E-state index contributed by atoms with van der Waals surface area (Å²) < 4.78 is 26.5. The first-order chi connectivity index (χ1) is 16.0. The van der Waals surface area contributed by atoms with Crippen LogP contribution < -0.4 is 19.6 Å². The highest BCUT2D eigenvalue weighted by Gasteiger charge is 2.16. The number of carbonyl (C=O) groups is 2. The van der Waals surface area contributed by atoms with Gasteiger partial charge in [-0.05, 0) is 36.2 Å². The van der Waals surface area contributed by atoms with Crippen molar-refractivity contribution in [2.24, 2.45) is 5.10 Å². The fraction of sp³-hybridized carbons (Fsp3) is 0.208. The second-order valence-corrected chi connectivity index (χ2v) is 6.76. The molecular weight excluding hydrogens is 428 g/mol. The lowest BCUT2D eigenvalue weighted by Crippen LogP contribution is -2.17. The van der Waals surface area contributed by atoms with Crippen LogP contribution >= 0.6 is 0 Å². The molecule has 0 bridgehead atoms. The Bertz CT molecular complexity index is 1200. The Labute approximate surface area is 190 Å². The molecule has 0 fully saturated rings. The van der Waals surface area contributed by atoms with E-state index in [0.717, 1.165) is 10.9 Å². The highest BCUT2D eigenvalue weighted by molar-refractivity contribution is 5.97. The van der Waals surface area contributed by atoms with Gasteiger partial charge in [-0.15, -0.1) is 6.58 Å². The normalized spacial score (nSPS) is 10.8. The van der Waals surface area contributed by atoms with E-state index in [2.05, 4.69) is 21.8 Å². The lowest BCUT2D eigenvalue weighted by molar-refractivity contribution is -0.142. The lowest BCUT2D eigenvalue weighted by Gasteiger charge is -2.15. The predicted octanol–water partition coefficient (Wildman–Crippen LogP) is 3.49. The van der Waals surface area contributed by atoms with E-state index in [1.807, 2.05) is 12.1 Å². The molecule has 0 aliphatic heterocycles. The number of esters is 1. The highest BCUT2D eigenvalue weighted by Crippen LogP contribution is 2.33. The van der Waals surface area contributed by atoms with Crippen molar-refractivity contribution in [1.82, 2.24) is 5.43 Å². The smallest absolute Gasteiger partial charge is 0.343 e. The van der Waals surface area contributed by atoms with E-state index >= 15 is 0 Å². The van der Waals surface area contributed by atoms with Crippen molar-refractivity contribution in [2.45, 2.75) is 6.42 Å². The number of allylic oxidation sites excluding steroid dienone is 1. The molecule has 0 radical (unpaired) electrons. The van der Waals surface area contributed by atoms with Gasteiger partial charge in [-0.1, -0.05) is 18.2 Å². The molecule has 1 amide bonds. The first-order valence-corrected chi connectivity index (χ1v) is 9.92. The van der Waals surface area contributed by atoms with Gasteiger partial charge in [0.1, 0.15) is 0 Å². The Morgan fingerprint density at radius 1 is 1.12 bits per heavy atom. The number of nitrogens with one attached hydrogen (secondary N) is 1. The topological polar surface area (TPSA) is 109 Å². The molecular formula is C24H24N2O7. The fourth-order valence-electron chi connectivity index (χ4n) is 3.10. The molecule has 2 aromatic carbocycles. The quantitative estimate of drug-likeness (QED) is 0.217. The number of nitrogens with zero attached hydrogens (tertiary/aromatic N) is 1. The number of ether oxygens (including phenoxy) is 4. The number of hydrogen-bond acceptors (Lipinski definition) is 8. The molecule has 9 nitrogen and oxygen atoms in total. The van der Waals surface area contributed by atoms with Crippen LogP contribution in [-0.2, 0) is 16.0 Å². The minimum Gasteiger partial charge on any atom is -0.493 e. The summed E-state index contributed by atoms with van der Waals surface area (Å²) in [5.74, 6) is 0.407. The third-order valence-electron chi connectivity index (χ3n) is 4.63. The molecule has 3 rings (SSSR count). The van der Waals surface area contributed by atoms with Crippen molar-refractivity contribution in [3.63, 3.8) is 0 Å². The van der Waals surface area contributed by atoms with E-state index in [9.17, 15) is 9.59 Å². The number of amides is 1. The van der Waals surface area contributed by atoms with Gasteiger partial charge in [0.2, 0.25) is 0 Å². The van der Waals surface area contributed by atoms with Crippen LogP contribution in [0, 0.1) is 0 Å². The number of fused-ring (bicyclic) bond motifs is 1. The molecule has 0 saturated heterocycles. The van der Waals surface area contributed by atoms with E-state index in [4.69, 9.17) is 18.6 Å². The van der Waals surface area contributed by atoms with Crippen LogP contribution in [0.25, 0.3) is 11.0 Å². The predicted molar refractivity (Wildman–Crippen MR) is 122 cm³/mol. The highest BCUT2D eigenvalue weighted by atomic mass is 16.6. The molecule has 0 saturated carbocycles. The zero-order valence-electron chi connectivity index (χ0n) is 18.5. The number of hydrogen-bond donors (Lipinski definition) is 1. The van der Waals surface area contributed by atoms with Crippen molar-refractivity contribution in [2.75, 3.05) is 27.9 Å². The van der Waals surface area contributed by atoms with E-state index < -0.39 is 11.9 Å². The van der Waals surface area contributed by atoms with Crippen LogP contribution in [0.1, 0.15) is 21.7 Å². The van der Waals surface area contributed by atoms with E-state index in [-0.39, 0.29) is 12.4 Å². The van der Waals surface area contributed by atoms with Gasteiger partial charge in [0.15, 0.2) is 35.2 Å². The summed E-state index contributed by atoms with van der Waals surface area (Å²) in [6.45, 7) is 3.48. The molecule has 0 atom stereocenters. The maximum atomic E-state index is 12.5. The van der Waals surface area contributed by atoms with Crippen LogP contribution in [-0.4, -0.2) is 46.0 Å². The van der Waals surface area contributed by atoms with Crippen LogP contribution in [0.15, 0.2) is 58.6 Å². The zero-order valence-corrected chi connectivity index (χ0v) is 18.5. The number of furan rings is 1. The number of hydrazone groups is 1. The second kappa shape index (κ2) is 10.9. The van der Waals surface area contributed by atoms with Gasteiger partial charge in [-0.3, -0.25) is 4.79 Å². The molecule has 1 N–H and O–H groups in total. The van der Waals surface area contributed by atoms with Crippen molar-refractivity contribution < 1.29 is 33.0 Å². The van der Waals surface area contributed by atoms with Gasteiger partial charge in [-0.25, -0.2) is 10.2 Å². The van der Waals surface area contributed by atoms with Crippen molar-refractivity contribution in [3.8, 4) is 17.2 Å². The first-order valence-electron chi connectivity index (χ1n) is 9.92. The number of methoxy groups -OCH3 is 3. The van der Waals surface area contributed by atoms with E-state index in [1.54, 1.807) is 30.3 Å². The number of para-hydroxylation sites is 1. The third-order valence-corrected chi connectivity index (χ3v) is 4.63. The Balaban J connectivity index is 1.78. The molecule has 0 unspecified atom stereocenters. The Hall–Kier alpha value is -4.27. The molecule has 33 heavy (non-hydrogen) atoms. The van der Waals surface area contributed by atoms with E-state index in [1.165, 1.54) is 27.5 Å². The van der Waals surface area contributed by atoms with Gasteiger partial charge < -0.3 is 23.4 Å². The standard InChI is InChI=1S/C24H24N2O7/c1-5-7-16-10-15(11-19(30-3)22(16)32-14-21(27)31-4)13-25-26-24(28)20-12-17-8-6-9-18(29-2)23(17)33-20/h5-6,8-13H,1,7,14H2,2-4H3,(H,26,28)/b25-13+. The molecule has 0 aliphatic carbocycles. The minimum atomic E-state index is -0.516. The summed E-state index contributed by atoms with van der Waals surface area (Å²) in [4.78, 5) is 23.9. The molecule has 1 aromatic heterocycles. The Morgan fingerprint density at radius 3 is 2.61 bits per heavy atom. The van der Waals surface area contributed by atoms with Crippen LogP contribution in [0.3, 0.4) is 0 Å². The van der Waals surface area contributed by atoms with Crippen molar-refractivity contribution in [1.29, 1.82) is 0 Å². The third kappa shape index (κ3) is 5.51. The zero-order chi connectivity index (χ0) is 23.8. The van der Waals surface area contributed by atoms with Crippen LogP contribution in [0.2, 0.25) is 0 Å². The average Bonchev–Trinajstić information content (AvgIpc) is 3.27. The molecule has 3 aromatic rings. The largest absolute Gasteiger partial charge is 0.493 e. The second-order valence-electron chi connectivity index (χ2n) is 6.76. The summed E-state index contributed by atoms with van der Waals surface area (Å²) in [5.41, 5.74) is 4.29. The monoisotopic (exact) mass is 452 g/mol. The van der Waals surface area contributed by atoms with Gasteiger partial charge >= 0.3 is 11.9 Å². The van der Waals surface area contributed by atoms with Gasteiger partial charge in [-0.2, -0.15) is 5.10 Å². The Kier molecular flexibility index (Phi) is 7.69. The summed E-state index contributed by atoms with van der Waals surface area (Å²) in [6.07, 6.45) is 3.61. The molecule has 9 heteroatoms. The summed E-state index contributed by atoms with van der Waals surface area (Å²) in [6, 6.07) is 10.4. The summed E-state index contributed by atoms with van der Waals surface area (Å²) >= 11 is 0. The van der Waals surface area contributed by atoms with E-state index in [0.29, 0.717) is 34.8 Å². The van der Waals surface area contributed by atoms with Gasteiger partial charge in [0, 0.05) is 10.9 Å². The summed E-state index contributed by atoms with van der Waals surface area (Å²) in [7, 11) is 4.29. The maximum absolute atomic E-state index is 12.5. The van der Waals surface area contributed by atoms with Crippen LogP contribution in [0.4, 0.5) is 0 Å². The number of carbonyl (C=O) groups excluding carboxylic acids is 2. The summed E-state index contributed by atoms with van der Waals surface area (Å²) in [5, 5.41) is 4.75. The van der Waals surface area contributed by atoms with Gasteiger partial charge in [0.25, 0.3) is 0 Å². The average molecular weight is 452 g/mol. The lowest BCUT2D eigenvalue weighted by atomic mass is 10.1. The maximum Gasteiger partial charge on any atom is 0.343 e. The SMILES string of the molecule is C=CCc1cc(/C=N/NC(=O)c2cc3cccc(OC)c3o2)cc(OC)c1OCC(=O)OC. The van der Waals surface area contributed by atoms with Crippen molar-refractivity contribution in [3.05, 3.63) is 65.9 Å². The number of benzene rings is 2. The first kappa shape index (κ1) is 23.4. The van der Waals surface area contributed by atoms with Gasteiger partial charge in [0.05, 0.1) is 27.5 Å². The Morgan fingerprint density at radius 2 is 1.91 bits per heavy atom. The van der Waals surface area contributed by atoms with Crippen molar-refractivity contribution >= 4 is 29.1 Å². The molecule has 172 valence electrons. The fourth-order valence-corrected chi connectivity index (χ4v) is 3.10. The molecule has 0 aliphatic rings. The molecule has 0 spiro atoms. The number of rotatable bonds is 10.